The summed E-state index contributed by atoms with van der Waals surface area (Å²) in [6, 6.07) is 0. The first-order chi connectivity index (χ1) is 4.79. The Kier molecular flexibility index (Phi) is 11.1. The number of nitrogens with one attached hydrogen (secondary N) is 1. The van der Waals surface area contributed by atoms with Crippen LogP contribution in [0.2, 0.25) is 0 Å². The zero-order chi connectivity index (χ0) is 7.98. The predicted molar refractivity (Wildman–Crippen MR) is 44.7 cm³/mol. The van der Waals surface area contributed by atoms with Gasteiger partial charge < -0.3 is 15.8 Å². The standard InChI is InChI=1S/C5H12N3.C2H6.W/c1-7-2-4-8(6)5-3-7;1-2;/h6H,2-5H2,1H3;1-2H3;/q-1;;. The molecule has 1 N–H and O–H groups in total. The quantitative estimate of drug-likeness (QED) is 0.670. The molecule has 0 aromatic heterocycles. The monoisotopic (exact) mass is 328 g/mol. The van der Waals surface area contributed by atoms with E-state index in [4.69, 9.17) is 5.84 Å². The number of nitrogens with zero attached hydrogens (tertiary/aromatic N) is 2. The van der Waals surface area contributed by atoms with Crippen molar-refractivity contribution in [3.05, 3.63) is 5.84 Å². The predicted octanol–water partition coefficient (Wildman–Crippen LogP) is 1.22. The molecule has 4 heteroatoms. The van der Waals surface area contributed by atoms with E-state index in [-0.39, 0.29) is 21.1 Å². The van der Waals surface area contributed by atoms with Crippen molar-refractivity contribution in [2.45, 2.75) is 13.8 Å². The van der Waals surface area contributed by atoms with Crippen molar-refractivity contribution in [1.82, 2.24) is 9.91 Å². The van der Waals surface area contributed by atoms with Gasteiger partial charge in [-0.05, 0) is 20.1 Å². The molecule has 0 radical (unpaired) electrons. The first-order valence-electron chi connectivity index (χ1n) is 3.94. The molecule has 0 saturated carbocycles. The van der Waals surface area contributed by atoms with Gasteiger partial charge in [-0.1, -0.05) is 13.8 Å². The van der Waals surface area contributed by atoms with Gasteiger partial charge in [0.25, 0.3) is 0 Å². The summed E-state index contributed by atoms with van der Waals surface area (Å²) in [5.74, 6) is 7.17. The topological polar surface area (TPSA) is 30.3 Å². The minimum Gasteiger partial charge on any atom is -0.610 e. The third-order valence-electron chi connectivity index (χ3n) is 1.50. The fraction of sp³-hybridized carbons (Fsp3) is 1.00. The molecular weight excluding hydrogens is 310 g/mol. The van der Waals surface area contributed by atoms with Gasteiger partial charge >= 0.3 is 0 Å². The molecule has 0 aromatic rings. The van der Waals surface area contributed by atoms with Gasteiger partial charge in [-0.3, -0.25) is 0 Å². The molecule has 0 unspecified atom stereocenters. The van der Waals surface area contributed by atoms with Crippen LogP contribution in [-0.2, 0) is 21.1 Å². The van der Waals surface area contributed by atoms with Crippen LogP contribution in [0.4, 0.5) is 0 Å². The Hall–Kier alpha value is 0.568. The van der Waals surface area contributed by atoms with Crippen LogP contribution in [-0.4, -0.2) is 43.1 Å². The zero-order valence-corrected chi connectivity index (χ0v) is 10.6. The molecule has 1 aliphatic heterocycles. The Morgan fingerprint density at radius 1 is 1.00 bits per heavy atom. The van der Waals surface area contributed by atoms with Gasteiger partial charge in [-0.25, -0.2) is 0 Å². The van der Waals surface area contributed by atoms with Gasteiger partial charge in [0.1, 0.15) is 0 Å². The summed E-state index contributed by atoms with van der Waals surface area (Å²) < 4.78 is 0. The summed E-state index contributed by atoms with van der Waals surface area (Å²) in [4.78, 5) is 2.24. The van der Waals surface area contributed by atoms with Gasteiger partial charge in [-0.2, -0.15) is 0 Å². The summed E-state index contributed by atoms with van der Waals surface area (Å²) in [6.45, 7) is 7.89. The second-order valence-electron chi connectivity index (χ2n) is 2.29. The summed E-state index contributed by atoms with van der Waals surface area (Å²) in [5, 5.41) is 1.61. The van der Waals surface area contributed by atoms with E-state index in [9.17, 15) is 0 Å². The van der Waals surface area contributed by atoms with Crippen molar-refractivity contribution in [2.75, 3.05) is 33.2 Å². The van der Waals surface area contributed by atoms with Gasteiger partial charge in [0, 0.05) is 34.2 Å². The largest absolute Gasteiger partial charge is 0.610 e. The zero-order valence-electron chi connectivity index (χ0n) is 7.63. The maximum atomic E-state index is 7.17. The fourth-order valence-corrected chi connectivity index (χ4v) is 0.806. The molecule has 0 bridgehead atoms. The smallest absolute Gasteiger partial charge is 0.00924 e. The Labute approximate surface area is 84.1 Å². The van der Waals surface area contributed by atoms with Crippen LogP contribution >= 0.6 is 0 Å². The van der Waals surface area contributed by atoms with Crippen molar-refractivity contribution in [1.29, 1.82) is 0 Å². The van der Waals surface area contributed by atoms with E-state index in [0.717, 1.165) is 26.2 Å². The molecule has 1 saturated heterocycles. The van der Waals surface area contributed by atoms with E-state index in [1.54, 1.807) is 5.01 Å². The minimum absolute atomic E-state index is 0. The molecule has 0 aromatic carbocycles. The van der Waals surface area contributed by atoms with Crippen molar-refractivity contribution >= 4 is 0 Å². The molecule has 0 spiro atoms. The van der Waals surface area contributed by atoms with Crippen molar-refractivity contribution in [3.63, 3.8) is 0 Å². The minimum atomic E-state index is 0. The van der Waals surface area contributed by atoms with Crippen LogP contribution in [0.5, 0.6) is 0 Å². The molecule has 3 nitrogen and oxygen atoms in total. The Balaban J connectivity index is 0. The molecule has 0 amide bonds. The van der Waals surface area contributed by atoms with E-state index in [2.05, 4.69) is 11.9 Å². The third kappa shape index (κ3) is 6.95. The van der Waals surface area contributed by atoms with E-state index in [0.29, 0.717) is 0 Å². The Morgan fingerprint density at radius 3 is 1.64 bits per heavy atom. The molecule has 1 heterocycles. The first kappa shape index (κ1) is 14.1. The molecule has 11 heavy (non-hydrogen) atoms. The summed E-state index contributed by atoms with van der Waals surface area (Å²) >= 11 is 0. The number of piperazine rings is 1. The SMILES string of the molecule is CC.CN1CCN([NH-])CC1.[W]. The van der Waals surface area contributed by atoms with Gasteiger partial charge in [0.15, 0.2) is 0 Å². The molecule has 0 aliphatic carbocycles. The van der Waals surface area contributed by atoms with Gasteiger partial charge in [0.05, 0.1) is 0 Å². The average Bonchev–Trinajstić information content (AvgIpc) is 2.00. The molecule has 68 valence electrons. The van der Waals surface area contributed by atoms with Crippen LogP contribution < -0.4 is 0 Å². The normalized spacial score (nSPS) is 19.6. The van der Waals surface area contributed by atoms with Crippen molar-refractivity contribution in [2.24, 2.45) is 0 Å². The van der Waals surface area contributed by atoms with Crippen LogP contribution in [0.1, 0.15) is 13.8 Å². The Morgan fingerprint density at radius 2 is 1.36 bits per heavy atom. The first-order valence-corrected chi connectivity index (χ1v) is 3.94. The summed E-state index contributed by atoms with van der Waals surface area (Å²) in [5.41, 5.74) is 0. The average molecular weight is 328 g/mol. The molecule has 1 rings (SSSR count). The number of hydrogen-bond acceptors (Lipinski definition) is 2. The number of rotatable bonds is 0. The summed E-state index contributed by atoms with van der Waals surface area (Å²) in [7, 11) is 2.09. The summed E-state index contributed by atoms with van der Waals surface area (Å²) in [6.07, 6.45) is 0. The second-order valence-corrected chi connectivity index (χ2v) is 2.29. The van der Waals surface area contributed by atoms with Gasteiger partial charge in [-0.15, -0.1) is 0 Å². The molecule has 1 aliphatic rings. The third-order valence-corrected chi connectivity index (χ3v) is 1.50. The molecular formula is C7H18N3W-. The van der Waals surface area contributed by atoms with E-state index >= 15 is 0 Å². The van der Waals surface area contributed by atoms with Crippen molar-refractivity contribution < 1.29 is 21.1 Å². The van der Waals surface area contributed by atoms with Crippen LogP contribution in [0, 0.1) is 0 Å². The van der Waals surface area contributed by atoms with Crippen LogP contribution in [0.25, 0.3) is 5.84 Å². The maximum absolute atomic E-state index is 7.17. The van der Waals surface area contributed by atoms with E-state index in [1.165, 1.54) is 0 Å². The van der Waals surface area contributed by atoms with Crippen molar-refractivity contribution in [3.8, 4) is 0 Å². The number of likely N-dealkylation sites (N-methyl/N-ethyl adjacent to an activating group) is 1. The number of hydrogen-bond donors (Lipinski definition) is 0. The fourth-order valence-electron chi connectivity index (χ4n) is 0.806. The van der Waals surface area contributed by atoms with Crippen LogP contribution in [0.15, 0.2) is 0 Å². The molecule has 1 fully saturated rings. The van der Waals surface area contributed by atoms with E-state index in [1.807, 2.05) is 13.8 Å². The molecule has 0 atom stereocenters. The van der Waals surface area contributed by atoms with E-state index < -0.39 is 0 Å². The van der Waals surface area contributed by atoms with Crippen LogP contribution in [0.3, 0.4) is 0 Å². The maximum Gasteiger partial charge on any atom is 0.00924 e. The van der Waals surface area contributed by atoms with Gasteiger partial charge in [0.2, 0.25) is 0 Å². The second kappa shape index (κ2) is 8.66. The Bertz CT molecular complexity index is 62.1.